The summed E-state index contributed by atoms with van der Waals surface area (Å²) in [5.74, 6) is 0. The second kappa shape index (κ2) is 8.92. The van der Waals surface area contributed by atoms with Crippen molar-refractivity contribution in [2.75, 3.05) is 0 Å². The molecule has 0 fully saturated rings. The molecule has 0 amide bonds. The van der Waals surface area contributed by atoms with E-state index < -0.39 is 0 Å². The quantitative estimate of drug-likeness (QED) is 0.225. The van der Waals surface area contributed by atoms with E-state index in [0.29, 0.717) is 0 Å². The number of nitrogens with zero attached hydrogens (tertiary/aromatic N) is 1. The molecule has 3 aromatic heterocycles. The maximum Gasteiger partial charge on any atom is 0.147 e. The summed E-state index contributed by atoms with van der Waals surface area (Å²) in [5.41, 5.74) is 9.68. The van der Waals surface area contributed by atoms with E-state index in [9.17, 15) is 0 Å². The first-order valence-electron chi connectivity index (χ1n) is 14.1. The van der Waals surface area contributed by atoms with Crippen LogP contribution in [0.3, 0.4) is 0 Å². The zero-order valence-corrected chi connectivity index (χ0v) is 22.5. The minimum Gasteiger partial charge on any atom is -0.455 e. The van der Waals surface area contributed by atoms with Gasteiger partial charge in [-0.05, 0) is 46.2 Å². The third-order valence-electron chi connectivity index (χ3n) is 8.32. The number of hydrogen-bond acceptors (Lipinski definition) is 3. The third-order valence-corrected chi connectivity index (χ3v) is 8.32. The van der Waals surface area contributed by atoms with Crippen molar-refractivity contribution < 1.29 is 8.83 Å². The van der Waals surface area contributed by atoms with E-state index >= 15 is 0 Å². The van der Waals surface area contributed by atoms with Crippen molar-refractivity contribution in [1.29, 1.82) is 0 Å². The Morgan fingerprint density at radius 3 is 1.90 bits per heavy atom. The Bertz CT molecular complexity index is 2460. The molecule has 0 saturated heterocycles. The Balaban J connectivity index is 1.54. The SMILES string of the molecule is c1ccc(-c2cc(-c3c(-c4cccc5ccccc45)c4oc5ccccc5c4c4oc5ccccc5c34)ccn2)cc1. The summed E-state index contributed by atoms with van der Waals surface area (Å²) < 4.78 is 13.5. The van der Waals surface area contributed by atoms with Gasteiger partial charge in [0.15, 0.2) is 0 Å². The molecule has 9 aromatic rings. The molecule has 9 rings (SSSR count). The van der Waals surface area contributed by atoms with Gasteiger partial charge in [0, 0.05) is 39.0 Å². The van der Waals surface area contributed by atoms with E-state index in [1.165, 1.54) is 10.8 Å². The highest BCUT2D eigenvalue weighted by atomic mass is 16.3. The topological polar surface area (TPSA) is 39.2 Å². The maximum absolute atomic E-state index is 6.79. The average molecular weight is 538 g/mol. The van der Waals surface area contributed by atoms with E-state index in [1.54, 1.807) is 0 Å². The molecule has 0 bridgehead atoms. The number of fused-ring (bicyclic) bond motifs is 8. The van der Waals surface area contributed by atoms with Crippen molar-refractivity contribution in [2.24, 2.45) is 0 Å². The second-order valence-electron chi connectivity index (χ2n) is 10.7. The summed E-state index contributed by atoms with van der Waals surface area (Å²) in [6.45, 7) is 0. The predicted molar refractivity (Wildman–Crippen MR) is 173 cm³/mol. The summed E-state index contributed by atoms with van der Waals surface area (Å²) in [5, 5.41) is 6.56. The van der Waals surface area contributed by atoms with Gasteiger partial charge in [-0.1, -0.05) is 109 Å². The fourth-order valence-corrected chi connectivity index (χ4v) is 6.50. The van der Waals surface area contributed by atoms with E-state index in [1.807, 2.05) is 48.7 Å². The van der Waals surface area contributed by atoms with Crippen molar-refractivity contribution in [1.82, 2.24) is 4.98 Å². The molecule has 0 N–H and O–H groups in total. The van der Waals surface area contributed by atoms with Gasteiger partial charge in [-0.2, -0.15) is 0 Å². The fourth-order valence-electron chi connectivity index (χ4n) is 6.50. The van der Waals surface area contributed by atoms with E-state index in [0.717, 1.165) is 77.4 Å². The first-order valence-corrected chi connectivity index (χ1v) is 14.1. The Morgan fingerprint density at radius 1 is 0.452 bits per heavy atom. The number of benzene rings is 6. The highest BCUT2D eigenvalue weighted by Gasteiger charge is 2.27. The van der Waals surface area contributed by atoms with Crippen molar-refractivity contribution in [3.63, 3.8) is 0 Å². The summed E-state index contributed by atoms with van der Waals surface area (Å²) >= 11 is 0. The lowest BCUT2D eigenvalue weighted by atomic mass is 9.86. The monoisotopic (exact) mass is 537 g/mol. The highest BCUT2D eigenvalue weighted by molar-refractivity contribution is 6.31. The van der Waals surface area contributed by atoms with Gasteiger partial charge < -0.3 is 8.83 Å². The molecule has 3 heteroatoms. The molecule has 0 radical (unpaired) electrons. The van der Waals surface area contributed by atoms with Crippen molar-refractivity contribution in [3.05, 3.63) is 140 Å². The van der Waals surface area contributed by atoms with Gasteiger partial charge in [-0.3, -0.25) is 4.98 Å². The number of aromatic nitrogens is 1. The van der Waals surface area contributed by atoms with Crippen molar-refractivity contribution in [2.45, 2.75) is 0 Å². The second-order valence-corrected chi connectivity index (χ2v) is 10.7. The van der Waals surface area contributed by atoms with Crippen LogP contribution in [0, 0.1) is 0 Å². The lowest BCUT2D eigenvalue weighted by Crippen LogP contribution is -1.92. The lowest BCUT2D eigenvalue weighted by molar-refractivity contribution is 0.663. The molecule has 0 aliphatic carbocycles. The Hall–Kier alpha value is -5.67. The van der Waals surface area contributed by atoms with Gasteiger partial charge in [0.25, 0.3) is 0 Å². The van der Waals surface area contributed by atoms with Crippen LogP contribution in [-0.2, 0) is 0 Å². The smallest absolute Gasteiger partial charge is 0.147 e. The van der Waals surface area contributed by atoms with Gasteiger partial charge in [0.05, 0.1) is 11.1 Å². The van der Waals surface area contributed by atoms with Crippen LogP contribution in [-0.4, -0.2) is 4.98 Å². The van der Waals surface area contributed by atoms with Crippen LogP contribution < -0.4 is 0 Å². The standard InChI is InChI=1S/C39H23NO2/c1-2-12-25(13-3-1)31-23-26(21-22-40-31)34-35(28-18-10-14-24-11-4-5-15-27(24)28)38-37(30-17-7-9-20-33(30)42-38)39-36(34)29-16-6-8-19-32(29)41-39/h1-23H. The van der Waals surface area contributed by atoms with Gasteiger partial charge in [-0.25, -0.2) is 0 Å². The van der Waals surface area contributed by atoms with Crippen LogP contribution in [0.15, 0.2) is 148 Å². The number of furan rings is 2. The number of pyridine rings is 1. The predicted octanol–water partition coefficient (Wildman–Crippen LogP) is 11.0. The molecule has 0 spiro atoms. The maximum atomic E-state index is 6.79. The summed E-state index contributed by atoms with van der Waals surface area (Å²) in [4.78, 5) is 4.77. The van der Waals surface area contributed by atoms with E-state index in [-0.39, 0.29) is 0 Å². The molecule has 0 unspecified atom stereocenters. The first kappa shape index (κ1) is 23.1. The first-order chi connectivity index (χ1) is 20.8. The molecule has 196 valence electrons. The molecule has 6 aromatic carbocycles. The molecule has 3 heterocycles. The third kappa shape index (κ3) is 3.31. The van der Waals surface area contributed by atoms with Gasteiger partial charge in [-0.15, -0.1) is 0 Å². The molecular formula is C39H23NO2. The largest absolute Gasteiger partial charge is 0.455 e. The van der Waals surface area contributed by atoms with Crippen LogP contribution in [0.2, 0.25) is 0 Å². The van der Waals surface area contributed by atoms with Crippen LogP contribution in [0.5, 0.6) is 0 Å². The average Bonchev–Trinajstić information content (AvgIpc) is 3.63. The molecular weight excluding hydrogens is 514 g/mol. The zero-order chi connectivity index (χ0) is 27.6. The Morgan fingerprint density at radius 2 is 1.10 bits per heavy atom. The van der Waals surface area contributed by atoms with Crippen LogP contribution in [0.25, 0.3) is 88.2 Å². The number of para-hydroxylation sites is 2. The summed E-state index contributed by atoms with van der Waals surface area (Å²) in [7, 11) is 0. The van der Waals surface area contributed by atoms with Crippen LogP contribution in [0.4, 0.5) is 0 Å². The normalized spacial score (nSPS) is 11.8. The highest BCUT2D eigenvalue weighted by Crippen LogP contribution is 2.51. The summed E-state index contributed by atoms with van der Waals surface area (Å²) in [6.07, 6.45) is 1.90. The molecule has 42 heavy (non-hydrogen) atoms. The van der Waals surface area contributed by atoms with Gasteiger partial charge in [0.2, 0.25) is 0 Å². The number of rotatable bonds is 3. The Kier molecular flexibility index (Phi) is 4.90. The van der Waals surface area contributed by atoms with E-state index in [4.69, 9.17) is 13.8 Å². The lowest BCUT2D eigenvalue weighted by Gasteiger charge is -2.16. The van der Waals surface area contributed by atoms with Gasteiger partial charge in [0.1, 0.15) is 22.3 Å². The molecule has 3 nitrogen and oxygen atoms in total. The van der Waals surface area contributed by atoms with Crippen LogP contribution >= 0.6 is 0 Å². The zero-order valence-electron chi connectivity index (χ0n) is 22.5. The summed E-state index contributed by atoms with van der Waals surface area (Å²) in [6, 6.07) is 46.3. The molecule has 0 saturated carbocycles. The van der Waals surface area contributed by atoms with E-state index in [2.05, 4.69) is 91.0 Å². The number of hydrogen-bond donors (Lipinski definition) is 0. The molecule has 0 aliphatic heterocycles. The molecule has 0 aliphatic rings. The van der Waals surface area contributed by atoms with Gasteiger partial charge >= 0.3 is 0 Å². The molecule has 0 atom stereocenters. The van der Waals surface area contributed by atoms with Crippen molar-refractivity contribution in [3.8, 4) is 33.5 Å². The Labute approximate surface area is 241 Å². The minimum atomic E-state index is 0.826. The fraction of sp³-hybridized carbons (Fsp3) is 0. The van der Waals surface area contributed by atoms with Crippen LogP contribution in [0.1, 0.15) is 0 Å². The van der Waals surface area contributed by atoms with Crippen molar-refractivity contribution >= 4 is 54.6 Å². The minimum absolute atomic E-state index is 0.826.